The second kappa shape index (κ2) is 7.42. The zero-order valence-electron chi connectivity index (χ0n) is 11.4. The predicted octanol–water partition coefficient (Wildman–Crippen LogP) is 3.62. The van der Waals surface area contributed by atoms with Gasteiger partial charge in [0.05, 0.1) is 0 Å². The molecule has 1 aliphatic carbocycles. The number of ether oxygens (including phenoxy) is 1. The molecule has 1 aromatic rings. The van der Waals surface area contributed by atoms with Gasteiger partial charge in [-0.15, -0.1) is 0 Å². The standard InChI is InChI=1S/C16H25NO/c1-14(15-8-4-2-5-9-15)17-12-13-18-16-10-6-3-7-11-16/h3,6-7,10-11,14-15,17H,2,4-5,8-9,12-13H2,1H3. The minimum absolute atomic E-state index is 0.629. The van der Waals surface area contributed by atoms with Gasteiger partial charge in [0.15, 0.2) is 0 Å². The first kappa shape index (κ1) is 13.4. The Labute approximate surface area is 111 Å². The topological polar surface area (TPSA) is 21.3 Å². The lowest BCUT2D eigenvalue weighted by atomic mass is 9.84. The molecule has 0 amide bonds. The zero-order chi connectivity index (χ0) is 12.6. The van der Waals surface area contributed by atoms with E-state index in [2.05, 4.69) is 12.2 Å². The van der Waals surface area contributed by atoms with Gasteiger partial charge in [-0.1, -0.05) is 37.5 Å². The number of para-hydroxylation sites is 1. The van der Waals surface area contributed by atoms with E-state index in [1.54, 1.807) is 0 Å². The lowest BCUT2D eigenvalue weighted by molar-refractivity contribution is 0.256. The van der Waals surface area contributed by atoms with Crippen LogP contribution in [0.1, 0.15) is 39.0 Å². The van der Waals surface area contributed by atoms with Crippen LogP contribution in [0.4, 0.5) is 0 Å². The highest BCUT2D eigenvalue weighted by Crippen LogP contribution is 2.26. The third-order valence-electron chi connectivity index (χ3n) is 3.94. The summed E-state index contributed by atoms with van der Waals surface area (Å²) in [5, 5.41) is 3.60. The molecule has 1 N–H and O–H groups in total. The van der Waals surface area contributed by atoms with Crippen LogP contribution in [0, 0.1) is 5.92 Å². The number of nitrogens with one attached hydrogen (secondary N) is 1. The smallest absolute Gasteiger partial charge is 0.119 e. The molecule has 2 rings (SSSR count). The van der Waals surface area contributed by atoms with Crippen molar-refractivity contribution in [2.45, 2.75) is 45.1 Å². The van der Waals surface area contributed by atoms with E-state index in [9.17, 15) is 0 Å². The molecule has 100 valence electrons. The molecular formula is C16H25NO. The molecule has 1 fully saturated rings. The van der Waals surface area contributed by atoms with Crippen LogP contribution in [-0.2, 0) is 0 Å². The fourth-order valence-corrected chi connectivity index (χ4v) is 2.77. The first-order chi connectivity index (χ1) is 8.86. The SMILES string of the molecule is CC(NCCOc1ccccc1)C1CCCCC1. The van der Waals surface area contributed by atoms with Crippen LogP contribution >= 0.6 is 0 Å². The van der Waals surface area contributed by atoms with Gasteiger partial charge in [-0.05, 0) is 37.8 Å². The second-order valence-electron chi connectivity index (χ2n) is 5.30. The summed E-state index contributed by atoms with van der Waals surface area (Å²) >= 11 is 0. The maximum Gasteiger partial charge on any atom is 0.119 e. The van der Waals surface area contributed by atoms with E-state index in [4.69, 9.17) is 4.74 Å². The number of hydrogen-bond acceptors (Lipinski definition) is 2. The lowest BCUT2D eigenvalue weighted by Gasteiger charge is -2.28. The van der Waals surface area contributed by atoms with Crippen molar-refractivity contribution in [1.82, 2.24) is 5.32 Å². The van der Waals surface area contributed by atoms with E-state index in [-0.39, 0.29) is 0 Å². The Morgan fingerprint density at radius 3 is 2.61 bits per heavy atom. The van der Waals surface area contributed by atoms with Crippen molar-refractivity contribution in [3.8, 4) is 5.75 Å². The van der Waals surface area contributed by atoms with Gasteiger partial charge in [0.1, 0.15) is 12.4 Å². The van der Waals surface area contributed by atoms with E-state index < -0.39 is 0 Å². The van der Waals surface area contributed by atoms with Gasteiger partial charge >= 0.3 is 0 Å². The molecule has 0 heterocycles. The van der Waals surface area contributed by atoms with Gasteiger partial charge in [0, 0.05) is 12.6 Å². The summed E-state index contributed by atoms with van der Waals surface area (Å²) in [6.45, 7) is 4.01. The molecule has 0 aliphatic heterocycles. The quantitative estimate of drug-likeness (QED) is 0.775. The molecule has 2 nitrogen and oxygen atoms in total. The largest absolute Gasteiger partial charge is 0.492 e. The number of benzene rings is 1. The van der Waals surface area contributed by atoms with Crippen molar-refractivity contribution in [1.29, 1.82) is 0 Å². The van der Waals surface area contributed by atoms with Gasteiger partial charge in [-0.3, -0.25) is 0 Å². The summed E-state index contributed by atoms with van der Waals surface area (Å²) in [6, 6.07) is 10.7. The van der Waals surface area contributed by atoms with Crippen molar-refractivity contribution < 1.29 is 4.74 Å². The summed E-state index contributed by atoms with van der Waals surface area (Å²) in [7, 11) is 0. The van der Waals surface area contributed by atoms with Gasteiger partial charge < -0.3 is 10.1 Å². The maximum atomic E-state index is 5.68. The van der Waals surface area contributed by atoms with Crippen molar-refractivity contribution >= 4 is 0 Å². The van der Waals surface area contributed by atoms with Crippen LogP contribution < -0.4 is 10.1 Å². The maximum absolute atomic E-state index is 5.68. The molecule has 0 saturated heterocycles. The van der Waals surface area contributed by atoms with Crippen LogP contribution in [0.3, 0.4) is 0 Å². The van der Waals surface area contributed by atoms with Gasteiger partial charge in [0.25, 0.3) is 0 Å². The Morgan fingerprint density at radius 2 is 1.89 bits per heavy atom. The summed E-state index contributed by atoms with van der Waals surface area (Å²) in [5.41, 5.74) is 0. The van der Waals surface area contributed by atoms with Crippen LogP contribution in [0.25, 0.3) is 0 Å². The Balaban J connectivity index is 1.60. The van der Waals surface area contributed by atoms with Gasteiger partial charge in [-0.2, -0.15) is 0 Å². The average molecular weight is 247 g/mol. The van der Waals surface area contributed by atoms with E-state index in [0.29, 0.717) is 6.04 Å². The first-order valence-corrected chi connectivity index (χ1v) is 7.27. The Kier molecular flexibility index (Phi) is 5.53. The summed E-state index contributed by atoms with van der Waals surface area (Å²) in [5.74, 6) is 1.83. The van der Waals surface area contributed by atoms with Crippen LogP contribution in [-0.4, -0.2) is 19.2 Å². The normalized spacial score (nSPS) is 18.5. The van der Waals surface area contributed by atoms with Crippen molar-refractivity contribution in [3.63, 3.8) is 0 Å². The molecule has 0 spiro atoms. The molecule has 1 saturated carbocycles. The van der Waals surface area contributed by atoms with E-state index in [0.717, 1.165) is 24.8 Å². The van der Waals surface area contributed by atoms with Crippen LogP contribution in [0.15, 0.2) is 30.3 Å². The zero-order valence-corrected chi connectivity index (χ0v) is 11.4. The molecule has 0 aromatic heterocycles. The molecule has 1 atom stereocenters. The van der Waals surface area contributed by atoms with Crippen molar-refractivity contribution in [3.05, 3.63) is 30.3 Å². The van der Waals surface area contributed by atoms with E-state index in [1.807, 2.05) is 30.3 Å². The third-order valence-corrected chi connectivity index (χ3v) is 3.94. The highest BCUT2D eigenvalue weighted by Gasteiger charge is 2.19. The van der Waals surface area contributed by atoms with Crippen LogP contribution in [0.2, 0.25) is 0 Å². The summed E-state index contributed by atoms with van der Waals surface area (Å²) < 4.78 is 5.68. The first-order valence-electron chi connectivity index (χ1n) is 7.27. The molecule has 1 aromatic carbocycles. The molecule has 1 aliphatic rings. The predicted molar refractivity (Wildman–Crippen MR) is 76.0 cm³/mol. The highest BCUT2D eigenvalue weighted by atomic mass is 16.5. The van der Waals surface area contributed by atoms with Gasteiger partial charge in [-0.25, -0.2) is 0 Å². The third kappa shape index (κ3) is 4.34. The highest BCUT2D eigenvalue weighted by molar-refractivity contribution is 5.20. The Morgan fingerprint density at radius 1 is 1.17 bits per heavy atom. The minimum Gasteiger partial charge on any atom is -0.492 e. The second-order valence-corrected chi connectivity index (χ2v) is 5.30. The van der Waals surface area contributed by atoms with Crippen molar-refractivity contribution in [2.75, 3.05) is 13.2 Å². The molecule has 2 heteroatoms. The number of hydrogen-bond donors (Lipinski definition) is 1. The monoisotopic (exact) mass is 247 g/mol. The molecule has 0 radical (unpaired) electrons. The molecule has 0 bridgehead atoms. The summed E-state index contributed by atoms with van der Waals surface area (Å²) in [6.07, 6.45) is 7.05. The van der Waals surface area contributed by atoms with Crippen molar-refractivity contribution in [2.24, 2.45) is 5.92 Å². The molecule has 18 heavy (non-hydrogen) atoms. The van der Waals surface area contributed by atoms with E-state index >= 15 is 0 Å². The molecule has 1 unspecified atom stereocenters. The fraction of sp³-hybridized carbons (Fsp3) is 0.625. The fourth-order valence-electron chi connectivity index (χ4n) is 2.77. The lowest BCUT2D eigenvalue weighted by Crippen LogP contribution is -2.37. The Bertz CT molecular complexity index is 319. The number of rotatable bonds is 6. The average Bonchev–Trinajstić information content (AvgIpc) is 2.45. The van der Waals surface area contributed by atoms with Gasteiger partial charge in [0.2, 0.25) is 0 Å². The van der Waals surface area contributed by atoms with E-state index in [1.165, 1.54) is 32.1 Å². The Hall–Kier alpha value is -1.02. The minimum atomic E-state index is 0.629. The van der Waals surface area contributed by atoms with Crippen LogP contribution in [0.5, 0.6) is 5.75 Å². The molecular weight excluding hydrogens is 222 g/mol. The summed E-state index contributed by atoms with van der Waals surface area (Å²) in [4.78, 5) is 0.